The van der Waals surface area contributed by atoms with Crippen molar-refractivity contribution in [1.29, 1.82) is 0 Å². The molecule has 2 unspecified atom stereocenters. The molecule has 21 heavy (non-hydrogen) atoms. The second-order valence-electron chi connectivity index (χ2n) is 4.85. The molecule has 1 rings (SSSR count). The molecular weight excluding hydrogens is 308 g/mol. The molecule has 0 radical (unpaired) electrons. The second-order valence-corrected chi connectivity index (χ2v) is 8.17. The van der Waals surface area contributed by atoms with Crippen molar-refractivity contribution in [3.63, 3.8) is 0 Å². The molecule has 120 valence electrons. The first kappa shape index (κ1) is 18.3. The van der Waals surface area contributed by atoms with Crippen molar-refractivity contribution in [3.8, 4) is 0 Å². The summed E-state index contributed by atoms with van der Waals surface area (Å²) in [6.45, 7) is 2.35. The van der Waals surface area contributed by atoms with Crippen LogP contribution in [0.1, 0.15) is 31.4 Å². The van der Waals surface area contributed by atoms with Crippen LogP contribution in [0, 0.1) is 0 Å². The normalized spacial score (nSPS) is 14.8. The van der Waals surface area contributed by atoms with Gasteiger partial charge >= 0.3 is 0 Å². The summed E-state index contributed by atoms with van der Waals surface area (Å²) in [4.78, 5) is 0.270. The number of nitrogens with one attached hydrogen (secondary N) is 2. The molecule has 0 heterocycles. The fourth-order valence-corrected chi connectivity index (χ4v) is 3.75. The summed E-state index contributed by atoms with van der Waals surface area (Å²) in [5.41, 5.74) is 0.956. The minimum absolute atomic E-state index is 0.141. The molecule has 0 fully saturated rings. The average molecular weight is 332 g/mol. The Kier molecular flexibility index (Phi) is 7.51. The monoisotopic (exact) mass is 332 g/mol. The first-order valence-electron chi connectivity index (χ1n) is 6.97. The molecule has 2 atom stereocenters. The highest BCUT2D eigenvalue weighted by Crippen LogP contribution is 2.19. The Morgan fingerprint density at radius 2 is 2.05 bits per heavy atom. The third-order valence-electron chi connectivity index (χ3n) is 3.23. The highest BCUT2D eigenvalue weighted by molar-refractivity contribution is 7.89. The van der Waals surface area contributed by atoms with Crippen molar-refractivity contribution < 1.29 is 12.6 Å². The van der Waals surface area contributed by atoms with E-state index in [-0.39, 0.29) is 10.9 Å². The maximum Gasteiger partial charge on any atom is 0.240 e. The fourth-order valence-electron chi connectivity index (χ4n) is 2.07. The molecule has 1 aromatic carbocycles. The van der Waals surface area contributed by atoms with Crippen molar-refractivity contribution in [1.82, 2.24) is 10.0 Å². The summed E-state index contributed by atoms with van der Waals surface area (Å²) in [5, 5.41) is 3.16. The molecule has 0 aliphatic carbocycles. The minimum atomic E-state index is -3.51. The zero-order valence-corrected chi connectivity index (χ0v) is 14.4. The van der Waals surface area contributed by atoms with Crippen LogP contribution < -0.4 is 10.0 Å². The van der Waals surface area contributed by atoms with Gasteiger partial charge in [-0.3, -0.25) is 4.21 Å². The Bertz CT molecular complexity index is 569. The van der Waals surface area contributed by atoms with Crippen LogP contribution in [-0.2, 0) is 20.8 Å². The van der Waals surface area contributed by atoms with Crippen LogP contribution in [0.2, 0.25) is 0 Å². The van der Waals surface area contributed by atoms with E-state index in [4.69, 9.17) is 0 Å². The Balaban J connectivity index is 2.79. The van der Waals surface area contributed by atoms with Gasteiger partial charge in [-0.15, -0.1) is 0 Å². The van der Waals surface area contributed by atoms with E-state index in [0.717, 1.165) is 12.0 Å². The van der Waals surface area contributed by atoms with Gasteiger partial charge in [-0.25, -0.2) is 13.1 Å². The van der Waals surface area contributed by atoms with E-state index < -0.39 is 20.8 Å². The molecule has 0 saturated heterocycles. The number of hydrogen-bond acceptors (Lipinski definition) is 4. The molecule has 7 heteroatoms. The molecule has 5 nitrogen and oxygen atoms in total. The number of sulfonamides is 1. The molecule has 0 bridgehead atoms. The van der Waals surface area contributed by atoms with Gasteiger partial charge in [-0.05, 0) is 37.6 Å². The minimum Gasteiger partial charge on any atom is -0.313 e. The average Bonchev–Trinajstić information content (AvgIpc) is 2.45. The summed E-state index contributed by atoms with van der Waals surface area (Å²) in [7, 11) is -2.54. The van der Waals surface area contributed by atoms with Crippen LogP contribution in [0.25, 0.3) is 0 Å². The first-order chi connectivity index (χ1) is 9.90. The lowest BCUT2D eigenvalue weighted by Crippen LogP contribution is -2.26. The van der Waals surface area contributed by atoms with Crippen molar-refractivity contribution in [3.05, 3.63) is 29.8 Å². The van der Waals surface area contributed by atoms with Crippen molar-refractivity contribution in [2.24, 2.45) is 0 Å². The standard InChI is InChI=1S/C14H24N2O3S2/c1-4-14(15-2)12-7-5-8-13(11-12)21(18,19)16-9-6-10-20(3)17/h5,7-8,11,14-16H,4,6,9-10H2,1-3H3. The first-order valence-corrected chi connectivity index (χ1v) is 10.2. The van der Waals surface area contributed by atoms with Gasteiger partial charge in [0, 0.05) is 35.4 Å². The van der Waals surface area contributed by atoms with E-state index in [1.54, 1.807) is 24.5 Å². The van der Waals surface area contributed by atoms with E-state index in [2.05, 4.69) is 10.0 Å². The smallest absolute Gasteiger partial charge is 0.240 e. The predicted octanol–water partition coefficient (Wildman–Crippen LogP) is 1.40. The molecule has 0 spiro atoms. The van der Waals surface area contributed by atoms with E-state index in [1.807, 2.05) is 20.0 Å². The Morgan fingerprint density at radius 1 is 1.33 bits per heavy atom. The van der Waals surface area contributed by atoms with E-state index in [9.17, 15) is 12.6 Å². The van der Waals surface area contributed by atoms with Gasteiger partial charge in [-0.2, -0.15) is 0 Å². The maximum atomic E-state index is 12.2. The number of rotatable bonds is 9. The zero-order valence-electron chi connectivity index (χ0n) is 12.8. The van der Waals surface area contributed by atoms with Crippen LogP contribution in [0.5, 0.6) is 0 Å². The summed E-state index contributed by atoms with van der Waals surface area (Å²) >= 11 is 0. The lowest BCUT2D eigenvalue weighted by atomic mass is 10.1. The quantitative estimate of drug-likeness (QED) is 0.670. The Morgan fingerprint density at radius 3 is 2.62 bits per heavy atom. The largest absolute Gasteiger partial charge is 0.313 e. The SMILES string of the molecule is CCC(NC)c1cccc(S(=O)(=O)NCCCS(C)=O)c1. The number of hydrogen-bond donors (Lipinski definition) is 2. The van der Waals surface area contributed by atoms with Gasteiger partial charge in [0.15, 0.2) is 0 Å². The second kappa shape index (κ2) is 8.63. The lowest BCUT2D eigenvalue weighted by molar-refractivity contribution is 0.570. The van der Waals surface area contributed by atoms with Gasteiger partial charge in [0.05, 0.1) is 4.90 Å². The lowest BCUT2D eigenvalue weighted by Gasteiger charge is -2.15. The molecule has 0 aliphatic rings. The molecule has 0 saturated carbocycles. The van der Waals surface area contributed by atoms with Crippen molar-refractivity contribution >= 4 is 20.8 Å². The highest BCUT2D eigenvalue weighted by atomic mass is 32.2. The molecular formula is C14H24N2O3S2. The third kappa shape index (κ3) is 5.86. The summed E-state index contributed by atoms with van der Waals surface area (Å²) in [6, 6.07) is 7.11. The molecule has 2 N–H and O–H groups in total. The third-order valence-corrected chi connectivity index (χ3v) is 5.55. The zero-order chi connectivity index (χ0) is 15.9. The summed E-state index contributed by atoms with van der Waals surface area (Å²) < 4.78 is 37.9. The van der Waals surface area contributed by atoms with Gasteiger partial charge in [-0.1, -0.05) is 19.1 Å². The Labute approximate surface area is 130 Å². The fraction of sp³-hybridized carbons (Fsp3) is 0.571. The van der Waals surface area contributed by atoms with Gasteiger partial charge in [0.1, 0.15) is 0 Å². The van der Waals surface area contributed by atoms with Crippen LogP contribution >= 0.6 is 0 Å². The van der Waals surface area contributed by atoms with Crippen LogP contribution in [0.3, 0.4) is 0 Å². The predicted molar refractivity (Wildman–Crippen MR) is 87.3 cm³/mol. The number of benzene rings is 1. The van der Waals surface area contributed by atoms with Crippen LogP contribution in [-0.4, -0.2) is 38.2 Å². The maximum absolute atomic E-state index is 12.2. The van der Waals surface area contributed by atoms with Crippen molar-refractivity contribution in [2.75, 3.05) is 25.6 Å². The van der Waals surface area contributed by atoms with E-state index in [0.29, 0.717) is 18.7 Å². The summed E-state index contributed by atoms with van der Waals surface area (Å²) in [5.74, 6) is 0.500. The van der Waals surface area contributed by atoms with Gasteiger partial charge in [0.25, 0.3) is 0 Å². The molecule has 0 amide bonds. The topological polar surface area (TPSA) is 75.3 Å². The molecule has 1 aromatic rings. The summed E-state index contributed by atoms with van der Waals surface area (Å²) in [6.07, 6.45) is 3.06. The van der Waals surface area contributed by atoms with Gasteiger partial charge < -0.3 is 5.32 Å². The van der Waals surface area contributed by atoms with Crippen molar-refractivity contribution in [2.45, 2.75) is 30.7 Å². The van der Waals surface area contributed by atoms with Gasteiger partial charge in [0.2, 0.25) is 10.0 Å². The molecule has 0 aromatic heterocycles. The molecule has 0 aliphatic heterocycles. The van der Waals surface area contributed by atoms with Crippen LogP contribution in [0.15, 0.2) is 29.2 Å². The highest BCUT2D eigenvalue weighted by Gasteiger charge is 2.15. The van der Waals surface area contributed by atoms with Crippen LogP contribution in [0.4, 0.5) is 0 Å². The Hall–Kier alpha value is -0.760. The van der Waals surface area contributed by atoms with E-state index in [1.165, 1.54) is 0 Å². The van der Waals surface area contributed by atoms with E-state index >= 15 is 0 Å².